The number of hydrogen-bond donors (Lipinski definition) is 4. The molecule has 0 aromatic heterocycles. The molecule has 0 saturated carbocycles. The standard InChI is InChI=1S/C11H24N3O4P.2ClH/c12-7-3-1-5-9(13)11(15)14-8-4-2-6-10(14)19(16,17)18;;/h9-10H,1-8,12-13H2,(H2,16,17,18);2*1H. The van der Waals surface area contributed by atoms with E-state index in [2.05, 4.69) is 0 Å². The average molecular weight is 366 g/mol. The third-order valence-corrected chi connectivity index (χ3v) is 4.74. The lowest BCUT2D eigenvalue weighted by Gasteiger charge is -2.37. The molecule has 1 amide bonds. The van der Waals surface area contributed by atoms with E-state index in [1.807, 2.05) is 0 Å². The van der Waals surface area contributed by atoms with Crippen molar-refractivity contribution in [3.63, 3.8) is 0 Å². The summed E-state index contributed by atoms with van der Waals surface area (Å²) in [5.41, 5.74) is 11.2. The SMILES string of the molecule is Cl.Cl.NCCCCC(N)C(=O)N1CCCCC1P(=O)(O)O. The lowest BCUT2D eigenvalue weighted by molar-refractivity contribution is -0.135. The number of nitrogens with two attached hydrogens (primary N) is 2. The Morgan fingerprint density at radius 3 is 2.43 bits per heavy atom. The summed E-state index contributed by atoms with van der Waals surface area (Å²) in [5, 5.41) is 0. The molecular formula is C11H26Cl2N3O4P. The molecule has 1 rings (SSSR count). The van der Waals surface area contributed by atoms with Gasteiger partial charge in [0, 0.05) is 6.54 Å². The normalized spacial score (nSPS) is 20.2. The van der Waals surface area contributed by atoms with Crippen LogP contribution in [0.15, 0.2) is 0 Å². The highest BCUT2D eigenvalue weighted by atomic mass is 35.5. The van der Waals surface area contributed by atoms with Crippen molar-refractivity contribution in [2.24, 2.45) is 11.5 Å². The van der Waals surface area contributed by atoms with Crippen molar-refractivity contribution >= 4 is 38.3 Å². The molecule has 0 aromatic rings. The maximum Gasteiger partial charge on any atom is 0.347 e. The minimum atomic E-state index is -4.29. The first-order chi connectivity index (χ1) is 8.88. The number of carbonyl (C=O) groups excluding carboxylic acids is 1. The second-order valence-electron chi connectivity index (χ2n) is 4.99. The van der Waals surface area contributed by atoms with Gasteiger partial charge in [0.25, 0.3) is 0 Å². The first-order valence-corrected chi connectivity index (χ1v) is 8.37. The highest BCUT2D eigenvalue weighted by Gasteiger charge is 2.39. The Kier molecular flexibility index (Phi) is 12.0. The second-order valence-corrected chi connectivity index (χ2v) is 6.76. The van der Waals surface area contributed by atoms with Crippen LogP contribution in [-0.2, 0) is 9.36 Å². The molecule has 0 spiro atoms. The average Bonchev–Trinajstić information content (AvgIpc) is 2.37. The van der Waals surface area contributed by atoms with Gasteiger partial charge in [0.1, 0.15) is 5.78 Å². The predicted octanol–water partition coefficient (Wildman–Crippen LogP) is 0.803. The van der Waals surface area contributed by atoms with Crippen LogP contribution in [-0.4, -0.2) is 45.5 Å². The number of carbonyl (C=O) groups is 1. The van der Waals surface area contributed by atoms with Gasteiger partial charge in [-0.3, -0.25) is 9.36 Å². The molecule has 1 aliphatic rings. The van der Waals surface area contributed by atoms with E-state index in [1.165, 1.54) is 4.90 Å². The zero-order valence-electron chi connectivity index (χ0n) is 11.9. The topological polar surface area (TPSA) is 130 Å². The van der Waals surface area contributed by atoms with Crippen LogP contribution in [0.25, 0.3) is 0 Å². The van der Waals surface area contributed by atoms with Crippen molar-refractivity contribution < 1.29 is 19.1 Å². The monoisotopic (exact) mass is 365 g/mol. The van der Waals surface area contributed by atoms with E-state index in [9.17, 15) is 19.1 Å². The van der Waals surface area contributed by atoms with Crippen LogP contribution in [0.2, 0.25) is 0 Å². The number of hydrogen-bond acceptors (Lipinski definition) is 4. The summed E-state index contributed by atoms with van der Waals surface area (Å²) >= 11 is 0. The number of halogens is 2. The van der Waals surface area contributed by atoms with Crippen LogP contribution in [0, 0.1) is 0 Å². The smallest absolute Gasteiger partial charge is 0.330 e. The van der Waals surface area contributed by atoms with Crippen molar-refractivity contribution in [3.05, 3.63) is 0 Å². The van der Waals surface area contributed by atoms with E-state index in [1.54, 1.807) is 0 Å². The van der Waals surface area contributed by atoms with E-state index in [0.717, 1.165) is 25.7 Å². The molecule has 2 unspecified atom stereocenters. The first-order valence-electron chi connectivity index (χ1n) is 6.69. The molecule has 128 valence electrons. The van der Waals surface area contributed by atoms with Crippen molar-refractivity contribution in [2.45, 2.75) is 50.3 Å². The molecule has 1 fully saturated rings. The minimum Gasteiger partial charge on any atom is -0.330 e. The van der Waals surface area contributed by atoms with E-state index >= 15 is 0 Å². The van der Waals surface area contributed by atoms with E-state index in [-0.39, 0.29) is 30.7 Å². The van der Waals surface area contributed by atoms with Crippen LogP contribution < -0.4 is 11.5 Å². The van der Waals surface area contributed by atoms with Crippen LogP contribution in [0.5, 0.6) is 0 Å². The summed E-state index contributed by atoms with van der Waals surface area (Å²) in [4.78, 5) is 32.1. The maximum atomic E-state index is 12.2. The number of amides is 1. The van der Waals surface area contributed by atoms with Gasteiger partial charge in [-0.2, -0.15) is 0 Å². The van der Waals surface area contributed by atoms with Crippen molar-refractivity contribution in [1.29, 1.82) is 0 Å². The van der Waals surface area contributed by atoms with E-state index in [4.69, 9.17) is 11.5 Å². The molecule has 21 heavy (non-hydrogen) atoms. The Morgan fingerprint density at radius 2 is 1.90 bits per heavy atom. The first kappa shape index (κ1) is 23.4. The summed E-state index contributed by atoms with van der Waals surface area (Å²) in [7, 11) is -4.29. The number of piperidine rings is 1. The summed E-state index contributed by atoms with van der Waals surface area (Å²) in [6.07, 6.45) is 3.87. The summed E-state index contributed by atoms with van der Waals surface area (Å²) in [6, 6.07) is -0.696. The number of rotatable bonds is 6. The minimum absolute atomic E-state index is 0. The Bertz CT molecular complexity index is 356. The molecule has 10 heteroatoms. The van der Waals surface area contributed by atoms with Gasteiger partial charge in [-0.15, -0.1) is 24.8 Å². The van der Waals surface area contributed by atoms with Gasteiger partial charge in [-0.1, -0.05) is 6.42 Å². The number of unbranched alkanes of at least 4 members (excludes halogenated alkanes) is 1. The van der Waals surface area contributed by atoms with Gasteiger partial charge >= 0.3 is 7.60 Å². The Labute approximate surface area is 137 Å². The van der Waals surface area contributed by atoms with Crippen molar-refractivity contribution in [2.75, 3.05) is 13.1 Å². The highest BCUT2D eigenvalue weighted by molar-refractivity contribution is 7.52. The van der Waals surface area contributed by atoms with Gasteiger partial charge in [0.2, 0.25) is 5.91 Å². The fourth-order valence-electron chi connectivity index (χ4n) is 2.37. The largest absolute Gasteiger partial charge is 0.347 e. The van der Waals surface area contributed by atoms with E-state index < -0.39 is 19.4 Å². The third kappa shape index (κ3) is 7.28. The van der Waals surface area contributed by atoms with Crippen LogP contribution in [0.1, 0.15) is 38.5 Å². The summed E-state index contributed by atoms with van der Waals surface area (Å²) in [6.45, 7) is 0.926. The molecule has 0 radical (unpaired) electrons. The fraction of sp³-hybridized carbons (Fsp3) is 0.909. The van der Waals surface area contributed by atoms with Crippen LogP contribution in [0.4, 0.5) is 0 Å². The molecule has 2 atom stereocenters. The zero-order chi connectivity index (χ0) is 14.5. The predicted molar refractivity (Wildman–Crippen MR) is 86.8 cm³/mol. The van der Waals surface area contributed by atoms with Crippen LogP contribution >= 0.6 is 32.4 Å². The Hall–Kier alpha value is 0.120. The molecule has 1 saturated heterocycles. The summed E-state index contributed by atoms with van der Waals surface area (Å²) in [5.74, 6) is -1.36. The summed E-state index contributed by atoms with van der Waals surface area (Å²) < 4.78 is 11.4. The molecular weight excluding hydrogens is 340 g/mol. The molecule has 1 aliphatic heterocycles. The Balaban J connectivity index is 0. The molecule has 0 bridgehead atoms. The van der Waals surface area contributed by atoms with Crippen LogP contribution in [0.3, 0.4) is 0 Å². The van der Waals surface area contributed by atoms with Crippen molar-refractivity contribution in [1.82, 2.24) is 4.90 Å². The maximum absolute atomic E-state index is 12.2. The number of nitrogens with zero attached hydrogens (tertiary/aromatic N) is 1. The third-order valence-electron chi connectivity index (χ3n) is 3.43. The quantitative estimate of drug-likeness (QED) is 0.406. The number of likely N-dealkylation sites (tertiary alicyclic amines) is 1. The molecule has 6 N–H and O–H groups in total. The highest BCUT2D eigenvalue weighted by Crippen LogP contribution is 2.47. The molecule has 0 aromatic carbocycles. The zero-order valence-corrected chi connectivity index (χ0v) is 14.4. The lowest BCUT2D eigenvalue weighted by Crippen LogP contribution is -2.50. The second kappa shape index (κ2) is 10.8. The fourth-order valence-corrected chi connectivity index (χ4v) is 3.48. The van der Waals surface area contributed by atoms with Gasteiger partial charge in [-0.05, 0) is 38.6 Å². The lowest BCUT2D eigenvalue weighted by atomic mass is 10.1. The van der Waals surface area contributed by atoms with Crippen molar-refractivity contribution in [3.8, 4) is 0 Å². The Morgan fingerprint density at radius 1 is 1.29 bits per heavy atom. The molecule has 0 aliphatic carbocycles. The molecule has 1 heterocycles. The van der Waals surface area contributed by atoms with E-state index in [0.29, 0.717) is 25.9 Å². The van der Waals surface area contributed by atoms with Gasteiger partial charge in [0.15, 0.2) is 0 Å². The van der Waals surface area contributed by atoms with Gasteiger partial charge < -0.3 is 26.2 Å². The van der Waals surface area contributed by atoms with Gasteiger partial charge in [0.05, 0.1) is 6.04 Å². The van der Waals surface area contributed by atoms with Gasteiger partial charge in [-0.25, -0.2) is 0 Å². The molecule has 7 nitrogen and oxygen atoms in total.